The summed E-state index contributed by atoms with van der Waals surface area (Å²) < 4.78 is 4.97. The summed E-state index contributed by atoms with van der Waals surface area (Å²) in [6.07, 6.45) is 5.10. The van der Waals surface area contributed by atoms with Gasteiger partial charge >= 0.3 is 0 Å². The van der Waals surface area contributed by atoms with Crippen molar-refractivity contribution >= 4 is 17.8 Å². The number of anilines is 1. The zero-order valence-corrected chi connectivity index (χ0v) is 15.3. The van der Waals surface area contributed by atoms with E-state index in [2.05, 4.69) is 14.9 Å². The summed E-state index contributed by atoms with van der Waals surface area (Å²) in [6.45, 7) is 2.92. The minimum Gasteiger partial charge on any atom is -0.375 e. The van der Waals surface area contributed by atoms with Crippen LogP contribution in [0.4, 0.5) is 5.95 Å². The Morgan fingerprint density at radius 3 is 2.62 bits per heavy atom. The Bertz CT molecular complexity index is 689. The molecule has 140 valence electrons. The summed E-state index contributed by atoms with van der Waals surface area (Å²) in [5.74, 6) is 1.18. The molecule has 3 aliphatic rings. The number of nitrogens with zero attached hydrogens (tertiary/aromatic N) is 5. The average Bonchev–Trinajstić information content (AvgIpc) is 3.19. The molecule has 3 aliphatic heterocycles. The van der Waals surface area contributed by atoms with Crippen molar-refractivity contribution < 1.29 is 14.3 Å². The highest BCUT2D eigenvalue weighted by Crippen LogP contribution is 2.49. The molecule has 1 aromatic rings. The summed E-state index contributed by atoms with van der Waals surface area (Å²) in [4.78, 5) is 39.7. The molecule has 2 atom stereocenters. The Labute approximate surface area is 153 Å². The number of carbonyl (C=O) groups is 2. The molecule has 1 spiro atoms. The van der Waals surface area contributed by atoms with Crippen molar-refractivity contribution in [2.45, 2.75) is 18.4 Å². The lowest BCUT2D eigenvalue weighted by molar-refractivity contribution is -0.139. The van der Waals surface area contributed by atoms with Crippen LogP contribution in [0.3, 0.4) is 0 Å². The predicted molar refractivity (Wildman–Crippen MR) is 94.4 cm³/mol. The van der Waals surface area contributed by atoms with Crippen molar-refractivity contribution in [1.82, 2.24) is 19.8 Å². The van der Waals surface area contributed by atoms with Gasteiger partial charge < -0.3 is 19.4 Å². The summed E-state index contributed by atoms with van der Waals surface area (Å²) in [7, 11) is 3.47. The van der Waals surface area contributed by atoms with Crippen LogP contribution in [0, 0.1) is 11.8 Å². The fourth-order valence-corrected chi connectivity index (χ4v) is 5.00. The van der Waals surface area contributed by atoms with E-state index < -0.39 is 0 Å². The van der Waals surface area contributed by atoms with Gasteiger partial charge in [0.2, 0.25) is 17.8 Å². The number of hydrogen-bond acceptors (Lipinski definition) is 6. The first-order valence-corrected chi connectivity index (χ1v) is 9.13. The summed E-state index contributed by atoms with van der Waals surface area (Å²) in [6, 6.07) is 1.80. The summed E-state index contributed by atoms with van der Waals surface area (Å²) in [5, 5.41) is 0. The van der Waals surface area contributed by atoms with Crippen molar-refractivity contribution in [3.8, 4) is 0 Å². The maximum atomic E-state index is 12.9. The Balaban J connectivity index is 1.52. The van der Waals surface area contributed by atoms with E-state index in [4.69, 9.17) is 4.74 Å². The SMILES string of the molecule is COCC(=O)N1CCC2(CC1)[C@@H]1CN(c3ncccn3)C[C@@H]1C(=O)N2C. The molecule has 2 amide bonds. The number of ether oxygens (including phenoxy) is 1. The molecular formula is C18H25N5O3. The van der Waals surface area contributed by atoms with E-state index in [0.29, 0.717) is 25.6 Å². The number of amides is 2. The first-order chi connectivity index (χ1) is 12.6. The number of hydrogen-bond donors (Lipinski definition) is 0. The van der Waals surface area contributed by atoms with Crippen LogP contribution in [0.5, 0.6) is 0 Å². The Morgan fingerprint density at radius 1 is 1.27 bits per heavy atom. The average molecular weight is 359 g/mol. The molecule has 0 saturated carbocycles. The molecule has 3 fully saturated rings. The molecule has 8 nitrogen and oxygen atoms in total. The molecule has 0 aromatic carbocycles. The van der Waals surface area contributed by atoms with Crippen molar-refractivity contribution in [1.29, 1.82) is 0 Å². The number of fused-ring (bicyclic) bond motifs is 2. The molecule has 4 heterocycles. The Hall–Kier alpha value is -2.22. The second-order valence-electron chi connectivity index (χ2n) is 7.48. The molecule has 0 bridgehead atoms. The van der Waals surface area contributed by atoms with Gasteiger partial charge in [-0.05, 0) is 18.9 Å². The monoisotopic (exact) mass is 359 g/mol. The van der Waals surface area contributed by atoms with Crippen LogP contribution < -0.4 is 4.90 Å². The van der Waals surface area contributed by atoms with Gasteiger partial charge in [-0.1, -0.05) is 0 Å². The number of carbonyl (C=O) groups excluding carboxylic acids is 2. The third-order valence-corrected chi connectivity index (χ3v) is 6.41. The highest BCUT2D eigenvalue weighted by molar-refractivity contribution is 5.84. The lowest BCUT2D eigenvalue weighted by Gasteiger charge is -2.46. The van der Waals surface area contributed by atoms with Gasteiger partial charge in [0.05, 0.1) is 11.5 Å². The van der Waals surface area contributed by atoms with Gasteiger partial charge in [-0.3, -0.25) is 9.59 Å². The minimum absolute atomic E-state index is 0.00923. The second-order valence-corrected chi connectivity index (χ2v) is 7.48. The van der Waals surface area contributed by atoms with Crippen molar-refractivity contribution in [2.75, 3.05) is 51.8 Å². The number of piperidine rings is 1. The van der Waals surface area contributed by atoms with Gasteiger partial charge in [-0.2, -0.15) is 0 Å². The highest BCUT2D eigenvalue weighted by Gasteiger charge is 2.60. The van der Waals surface area contributed by atoms with Crippen LogP contribution in [0.25, 0.3) is 0 Å². The molecule has 26 heavy (non-hydrogen) atoms. The first kappa shape index (κ1) is 17.2. The molecular weight excluding hydrogens is 334 g/mol. The van der Waals surface area contributed by atoms with Gasteiger partial charge in [-0.15, -0.1) is 0 Å². The molecule has 3 saturated heterocycles. The number of rotatable bonds is 3. The van der Waals surface area contributed by atoms with Crippen LogP contribution in [0.2, 0.25) is 0 Å². The molecule has 0 unspecified atom stereocenters. The molecule has 1 aromatic heterocycles. The molecule has 0 N–H and O–H groups in total. The number of methoxy groups -OCH3 is 1. The van der Waals surface area contributed by atoms with Crippen molar-refractivity contribution in [3.05, 3.63) is 18.5 Å². The van der Waals surface area contributed by atoms with E-state index >= 15 is 0 Å². The highest BCUT2D eigenvalue weighted by atomic mass is 16.5. The van der Waals surface area contributed by atoms with E-state index in [1.54, 1.807) is 18.5 Å². The zero-order chi connectivity index (χ0) is 18.3. The van der Waals surface area contributed by atoms with Gasteiger partial charge in [0.25, 0.3) is 0 Å². The lowest BCUT2D eigenvalue weighted by Crippen LogP contribution is -2.57. The van der Waals surface area contributed by atoms with Crippen molar-refractivity contribution in [2.24, 2.45) is 11.8 Å². The Morgan fingerprint density at radius 2 is 1.96 bits per heavy atom. The Kier molecular flexibility index (Phi) is 4.30. The van der Waals surface area contributed by atoms with Crippen LogP contribution in [0.15, 0.2) is 18.5 Å². The topological polar surface area (TPSA) is 78.9 Å². The predicted octanol–water partition coefficient (Wildman–Crippen LogP) is 0.00860. The standard InChI is InChI=1S/C18H25N5O3/c1-21-16(25)13-10-23(17-19-6-3-7-20-17)11-14(13)18(21)4-8-22(9-5-18)15(24)12-26-2/h3,6-7,13-14H,4-5,8-12H2,1-2H3/t13-,14+/m0/s1. The smallest absolute Gasteiger partial charge is 0.248 e. The van der Waals surface area contributed by atoms with Crippen LogP contribution in [0.1, 0.15) is 12.8 Å². The van der Waals surface area contributed by atoms with E-state index in [-0.39, 0.29) is 35.8 Å². The molecule has 0 radical (unpaired) electrons. The fourth-order valence-electron chi connectivity index (χ4n) is 5.00. The number of likely N-dealkylation sites (tertiary alicyclic amines) is 2. The van der Waals surface area contributed by atoms with Crippen LogP contribution in [-0.4, -0.2) is 84.1 Å². The number of aromatic nitrogens is 2. The van der Waals surface area contributed by atoms with Crippen LogP contribution >= 0.6 is 0 Å². The van der Waals surface area contributed by atoms with Crippen molar-refractivity contribution in [3.63, 3.8) is 0 Å². The first-order valence-electron chi connectivity index (χ1n) is 9.13. The van der Waals surface area contributed by atoms with E-state index in [0.717, 1.165) is 19.4 Å². The van der Waals surface area contributed by atoms with E-state index in [1.807, 2.05) is 16.8 Å². The fraction of sp³-hybridized carbons (Fsp3) is 0.667. The normalized spacial score (nSPS) is 27.3. The third kappa shape index (κ3) is 2.55. The zero-order valence-electron chi connectivity index (χ0n) is 15.3. The maximum absolute atomic E-state index is 12.9. The largest absolute Gasteiger partial charge is 0.375 e. The minimum atomic E-state index is -0.171. The lowest BCUT2D eigenvalue weighted by atomic mass is 9.75. The molecule has 4 rings (SSSR count). The second kappa shape index (κ2) is 6.50. The van der Waals surface area contributed by atoms with E-state index in [9.17, 15) is 9.59 Å². The van der Waals surface area contributed by atoms with Gasteiger partial charge in [0.1, 0.15) is 6.61 Å². The molecule has 0 aliphatic carbocycles. The molecule has 8 heteroatoms. The maximum Gasteiger partial charge on any atom is 0.248 e. The summed E-state index contributed by atoms with van der Waals surface area (Å²) in [5.41, 5.74) is -0.171. The van der Waals surface area contributed by atoms with Gasteiger partial charge in [0, 0.05) is 58.6 Å². The van der Waals surface area contributed by atoms with Gasteiger partial charge in [-0.25, -0.2) is 9.97 Å². The quantitative estimate of drug-likeness (QED) is 0.756. The summed E-state index contributed by atoms with van der Waals surface area (Å²) >= 11 is 0. The van der Waals surface area contributed by atoms with Crippen LogP contribution in [-0.2, 0) is 14.3 Å². The third-order valence-electron chi connectivity index (χ3n) is 6.41. The van der Waals surface area contributed by atoms with Gasteiger partial charge in [0.15, 0.2) is 0 Å². The van der Waals surface area contributed by atoms with E-state index in [1.165, 1.54) is 7.11 Å².